The number of allylic oxidation sites excluding steroid dienone is 1. The van der Waals surface area contributed by atoms with Crippen molar-refractivity contribution in [1.82, 2.24) is 10.6 Å². The Morgan fingerprint density at radius 2 is 2.05 bits per heavy atom. The van der Waals surface area contributed by atoms with Crippen LogP contribution in [0.3, 0.4) is 0 Å². The van der Waals surface area contributed by atoms with E-state index in [4.69, 9.17) is 11.1 Å². The van der Waals surface area contributed by atoms with Crippen LogP contribution >= 0.6 is 0 Å². The lowest BCUT2D eigenvalue weighted by atomic mass is 10.2. The van der Waals surface area contributed by atoms with Crippen molar-refractivity contribution >= 4 is 24.4 Å². The number of unbranched alkanes of at least 4 members (excludes halogenated alkanes) is 3. The van der Waals surface area contributed by atoms with Crippen molar-refractivity contribution in [2.24, 2.45) is 5.73 Å². The molecule has 0 rings (SSSR count). The van der Waals surface area contributed by atoms with Crippen molar-refractivity contribution in [1.29, 1.82) is 5.41 Å². The first kappa shape index (κ1) is 17.8. The summed E-state index contributed by atoms with van der Waals surface area (Å²) in [5.74, 6) is -0.456. The predicted molar refractivity (Wildman–Crippen MR) is 75.5 cm³/mol. The molecule has 0 aliphatic rings. The zero-order valence-electron chi connectivity index (χ0n) is 11.3. The highest BCUT2D eigenvalue weighted by atomic mass is 16.2. The molecule has 0 fully saturated rings. The molecule has 0 aromatic rings. The molecule has 0 aromatic heterocycles. The highest BCUT2D eigenvalue weighted by Crippen LogP contribution is 1.99. The van der Waals surface area contributed by atoms with E-state index in [1.54, 1.807) is 18.6 Å². The van der Waals surface area contributed by atoms with Gasteiger partial charge in [0.05, 0.1) is 0 Å². The van der Waals surface area contributed by atoms with Crippen LogP contribution in [0.15, 0.2) is 12.2 Å². The van der Waals surface area contributed by atoms with Crippen LogP contribution < -0.4 is 16.4 Å². The molecule has 2 radical (unpaired) electrons. The molecule has 5 N–H and O–H groups in total. The van der Waals surface area contributed by atoms with Gasteiger partial charge in [-0.3, -0.25) is 19.8 Å². The third-order valence-corrected chi connectivity index (χ3v) is 2.38. The topological polar surface area (TPSA) is 125 Å². The van der Waals surface area contributed by atoms with Crippen molar-refractivity contribution in [3.8, 4) is 0 Å². The summed E-state index contributed by atoms with van der Waals surface area (Å²) in [4.78, 5) is 31.8. The molecular formula is C13H20N4O3. The van der Waals surface area contributed by atoms with E-state index in [9.17, 15) is 14.4 Å². The minimum absolute atomic E-state index is 0.0318. The van der Waals surface area contributed by atoms with Crippen LogP contribution in [-0.4, -0.2) is 37.0 Å². The second kappa shape index (κ2) is 11.9. The van der Waals surface area contributed by atoms with Crippen molar-refractivity contribution < 1.29 is 14.4 Å². The first-order valence-electron chi connectivity index (χ1n) is 6.37. The average molecular weight is 280 g/mol. The number of rotatable bonds is 11. The first-order valence-corrected chi connectivity index (χ1v) is 6.37. The molecule has 0 aromatic carbocycles. The zero-order chi connectivity index (χ0) is 15.2. The summed E-state index contributed by atoms with van der Waals surface area (Å²) in [6.45, 7) is 0.665. The van der Waals surface area contributed by atoms with Gasteiger partial charge in [-0.2, -0.15) is 0 Å². The van der Waals surface area contributed by atoms with Crippen molar-refractivity contribution in [2.45, 2.75) is 38.1 Å². The Kier molecular flexibility index (Phi) is 10.6. The van der Waals surface area contributed by atoms with Gasteiger partial charge >= 0.3 is 0 Å². The molecule has 0 bridgehead atoms. The van der Waals surface area contributed by atoms with E-state index < -0.39 is 11.9 Å². The van der Waals surface area contributed by atoms with Gasteiger partial charge in [-0.15, -0.1) is 0 Å². The van der Waals surface area contributed by atoms with Crippen LogP contribution in [0.2, 0.25) is 0 Å². The standard InChI is InChI=1S/C13H20N4O3/c14-13(15)16-8-5-3-1-2-4-6-12(20)17-11(10-19)7-9-18/h4,6,11H,1-3,5,7-8H2,(H,17,20)(H4,14,15,16)/b6-4+/t11-/m0/s1. The maximum absolute atomic E-state index is 11.3. The minimum atomic E-state index is -0.928. The van der Waals surface area contributed by atoms with Crippen LogP contribution in [0.4, 0.5) is 0 Å². The van der Waals surface area contributed by atoms with Gasteiger partial charge in [0.15, 0.2) is 5.96 Å². The molecule has 110 valence electrons. The lowest BCUT2D eigenvalue weighted by molar-refractivity contribution is -0.116. The molecule has 7 heteroatoms. The first-order chi connectivity index (χ1) is 9.60. The molecule has 1 amide bonds. The molecule has 0 heterocycles. The number of hydrogen-bond acceptors (Lipinski definition) is 4. The van der Waals surface area contributed by atoms with Crippen LogP contribution in [0.5, 0.6) is 0 Å². The van der Waals surface area contributed by atoms with Crippen molar-refractivity contribution in [3.05, 3.63) is 12.2 Å². The number of nitrogens with one attached hydrogen (secondary N) is 3. The van der Waals surface area contributed by atoms with E-state index >= 15 is 0 Å². The monoisotopic (exact) mass is 280 g/mol. The molecule has 0 saturated heterocycles. The minimum Gasteiger partial charge on any atom is -0.370 e. The normalized spacial score (nSPS) is 11.8. The van der Waals surface area contributed by atoms with E-state index in [0.29, 0.717) is 6.54 Å². The lowest BCUT2D eigenvalue weighted by Gasteiger charge is -2.05. The van der Waals surface area contributed by atoms with Crippen molar-refractivity contribution in [3.63, 3.8) is 0 Å². The quantitative estimate of drug-likeness (QED) is 0.179. The highest BCUT2D eigenvalue weighted by Gasteiger charge is 2.09. The fourth-order valence-corrected chi connectivity index (χ4v) is 1.40. The van der Waals surface area contributed by atoms with Gasteiger partial charge in [-0.25, -0.2) is 0 Å². The number of hydrogen-bond donors (Lipinski definition) is 4. The Morgan fingerprint density at radius 3 is 2.65 bits per heavy atom. The van der Waals surface area contributed by atoms with E-state index in [0.717, 1.165) is 25.7 Å². The third-order valence-electron chi connectivity index (χ3n) is 2.38. The number of guanidine groups is 1. The maximum Gasteiger partial charge on any atom is 0.244 e. The summed E-state index contributed by atoms with van der Waals surface area (Å²) in [7, 11) is 0. The van der Waals surface area contributed by atoms with Crippen molar-refractivity contribution in [2.75, 3.05) is 6.54 Å². The van der Waals surface area contributed by atoms with Gasteiger partial charge in [0.25, 0.3) is 0 Å². The van der Waals surface area contributed by atoms with Crippen LogP contribution in [-0.2, 0) is 14.4 Å². The second-order valence-corrected chi connectivity index (χ2v) is 4.12. The molecule has 7 nitrogen and oxygen atoms in total. The van der Waals surface area contributed by atoms with E-state index in [-0.39, 0.29) is 12.4 Å². The molecule has 0 aliphatic heterocycles. The SMILES string of the molecule is N=C(N)NCCCCC/C=C/C(=O)N[C@H]([C]=O)C[C]=O. The van der Waals surface area contributed by atoms with Gasteiger partial charge in [-0.1, -0.05) is 12.5 Å². The summed E-state index contributed by atoms with van der Waals surface area (Å²) in [6, 6.07) is -0.928. The van der Waals surface area contributed by atoms with Crippen LogP contribution in [0, 0.1) is 5.41 Å². The van der Waals surface area contributed by atoms with Gasteiger partial charge in [-0.05, 0) is 25.3 Å². The number of amides is 1. The third kappa shape index (κ3) is 10.9. The Morgan fingerprint density at radius 1 is 1.30 bits per heavy atom. The number of carbonyl (C=O) groups excluding carboxylic acids is 3. The summed E-state index contributed by atoms with van der Waals surface area (Å²) in [5, 5.41) is 12.0. The molecule has 0 aliphatic carbocycles. The predicted octanol–water partition coefficient (Wildman–Crippen LogP) is -0.320. The molecule has 20 heavy (non-hydrogen) atoms. The smallest absolute Gasteiger partial charge is 0.244 e. The van der Waals surface area contributed by atoms with Gasteiger partial charge in [0.2, 0.25) is 18.5 Å². The van der Waals surface area contributed by atoms with Gasteiger partial charge < -0.3 is 16.4 Å². The second-order valence-electron chi connectivity index (χ2n) is 4.12. The summed E-state index contributed by atoms with van der Waals surface area (Å²) < 4.78 is 0. The molecule has 0 unspecified atom stereocenters. The summed E-state index contributed by atoms with van der Waals surface area (Å²) in [5.41, 5.74) is 5.13. The Hall–Kier alpha value is -2.18. The molecule has 0 saturated carbocycles. The Labute approximate surface area is 118 Å². The largest absolute Gasteiger partial charge is 0.370 e. The highest BCUT2D eigenvalue weighted by molar-refractivity contribution is 5.90. The van der Waals surface area contributed by atoms with E-state index in [2.05, 4.69) is 10.6 Å². The summed E-state index contributed by atoms with van der Waals surface area (Å²) in [6.07, 6.45) is 9.46. The number of carbonyl (C=O) groups is 1. The van der Waals surface area contributed by atoms with Gasteiger partial charge in [0.1, 0.15) is 6.04 Å². The van der Waals surface area contributed by atoms with E-state index in [1.807, 2.05) is 0 Å². The Balaban J connectivity index is 3.63. The van der Waals surface area contributed by atoms with Crippen LogP contribution in [0.25, 0.3) is 0 Å². The maximum atomic E-state index is 11.3. The van der Waals surface area contributed by atoms with Crippen LogP contribution in [0.1, 0.15) is 32.1 Å². The fraction of sp³-hybridized carbons (Fsp3) is 0.538. The number of nitrogens with two attached hydrogens (primary N) is 1. The zero-order valence-corrected chi connectivity index (χ0v) is 11.3. The Bertz CT molecular complexity index is 356. The van der Waals surface area contributed by atoms with E-state index in [1.165, 1.54) is 6.08 Å². The summed E-state index contributed by atoms with van der Waals surface area (Å²) >= 11 is 0. The fourth-order valence-electron chi connectivity index (χ4n) is 1.40. The molecular weight excluding hydrogens is 260 g/mol. The molecule has 1 atom stereocenters. The van der Waals surface area contributed by atoms with Gasteiger partial charge in [0, 0.05) is 13.0 Å². The molecule has 0 spiro atoms. The lowest BCUT2D eigenvalue weighted by Crippen LogP contribution is -2.35. The average Bonchev–Trinajstić information content (AvgIpc) is 2.40.